The number of rotatable bonds is 5. The number of halogens is 3. The molecule has 0 bridgehead atoms. The Morgan fingerprint density at radius 3 is 2.67 bits per heavy atom. The van der Waals surface area contributed by atoms with Gasteiger partial charge in [0.25, 0.3) is 0 Å². The van der Waals surface area contributed by atoms with E-state index in [1.54, 1.807) is 13.1 Å². The highest BCUT2D eigenvalue weighted by atomic mass is 127. The zero-order valence-corrected chi connectivity index (χ0v) is 19.2. The molecule has 1 aliphatic rings. The first-order valence-corrected chi connectivity index (χ1v) is 9.70. The molecule has 0 aliphatic carbocycles. The van der Waals surface area contributed by atoms with Gasteiger partial charge in [-0.25, -0.2) is 8.78 Å². The van der Waals surface area contributed by atoms with E-state index in [2.05, 4.69) is 26.6 Å². The van der Waals surface area contributed by atoms with Crippen LogP contribution < -0.4 is 10.6 Å². The maximum absolute atomic E-state index is 14.0. The van der Waals surface area contributed by atoms with Crippen molar-refractivity contribution >= 4 is 29.9 Å². The highest BCUT2D eigenvalue weighted by Gasteiger charge is 2.22. The standard InChI is InChI=1S/C22H25F2N5.HI/c1-26-22(27-13-17-6-2-5-16(11-17)12-25)28-18-7-4-10-29(14-18)15-19-20(23)8-3-9-21(19)24;/h2-3,5-6,8-9,11,18H,4,7,10,13-15H2,1H3,(H2,26,27,28);1H. The van der Waals surface area contributed by atoms with Crippen LogP contribution in [0, 0.1) is 23.0 Å². The molecule has 0 aromatic heterocycles. The van der Waals surface area contributed by atoms with Crippen LogP contribution in [0.25, 0.3) is 0 Å². The topological polar surface area (TPSA) is 63.5 Å². The maximum Gasteiger partial charge on any atom is 0.191 e. The quantitative estimate of drug-likeness (QED) is 0.355. The first kappa shape index (κ1) is 24.0. The second-order valence-corrected chi connectivity index (χ2v) is 7.16. The van der Waals surface area contributed by atoms with Gasteiger partial charge < -0.3 is 10.6 Å². The summed E-state index contributed by atoms with van der Waals surface area (Å²) < 4.78 is 27.9. The van der Waals surface area contributed by atoms with Gasteiger partial charge in [0.05, 0.1) is 11.6 Å². The summed E-state index contributed by atoms with van der Waals surface area (Å²) in [5, 5.41) is 15.7. The first-order chi connectivity index (χ1) is 14.1. The lowest BCUT2D eigenvalue weighted by atomic mass is 10.0. The molecule has 2 aromatic carbocycles. The normalized spacial score (nSPS) is 17.0. The average molecular weight is 525 g/mol. The minimum absolute atomic E-state index is 0. The van der Waals surface area contributed by atoms with Crippen LogP contribution in [0.2, 0.25) is 0 Å². The van der Waals surface area contributed by atoms with Crippen molar-refractivity contribution in [1.82, 2.24) is 15.5 Å². The van der Waals surface area contributed by atoms with Crippen molar-refractivity contribution < 1.29 is 8.78 Å². The molecule has 0 spiro atoms. The molecule has 1 atom stereocenters. The predicted molar refractivity (Wildman–Crippen MR) is 125 cm³/mol. The first-order valence-electron chi connectivity index (χ1n) is 9.70. The third-order valence-electron chi connectivity index (χ3n) is 5.03. The van der Waals surface area contributed by atoms with E-state index in [0.29, 0.717) is 24.6 Å². The molecular formula is C22H26F2IN5. The number of piperidine rings is 1. The molecule has 8 heteroatoms. The highest BCUT2D eigenvalue weighted by molar-refractivity contribution is 14.0. The van der Waals surface area contributed by atoms with Crippen molar-refractivity contribution in [1.29, 1.82) is 5.26 Å². The Morgan fingerprint density at radius 2 is 1.97 bits per heavy atom. The van der Waals surface area contributed by atoms with Crippen LogP contribution in [0.15, 0.2) is 47.5 Å². The van der Waals surface area contributed by atoms with Crippen molar-refractivity contribution in [2.75, 3.05) is 20.1 Å². The zero-order valence-electron chi connectivity index (χ0n) is 16.9. The smallest absolute Gasteiger partial charge is 0.191 e. The molecule has 0 radical (unpaired) electrons. The van der Waals surface area contributed by atoms with Gasteiger partial charge in [-0.15, -0.1) is 24.0 Å². The summed E-state index contributed by atoms with van der Waals surface area (Å²) in [6.07, 6.45) is 1.90. The van der Waals surface area contributed by atoms with Crippen LogP contribution in [-0.2, 0) is 13.1 Å². The number of guanidine groups is 1. The van der Waals surface area contributed by atoms with Crippen LogP contribution in [0.1, 0.15) is 29.5 Å². The van der Waals surface area contributed by atoms with E-state index in [1.165, 1.54) is 18.2 Å². The second-order valence-electron chi connectivity index (χ2n) is 7.16. The summed E-state index contributed by atoms with van der Waals surface area (Å²) in [6, 6.07) is 13.7. The van der Waals surface area contributed by atoms with E-state index < -0.39 is 11.6 Å². The molecule has 1 heterocycles. The van der Waals surface area contributed by atoms with E-state index in [4.69, 9.17) is 5.26 Å². The molecule has 30 heavy (non-hydrogen) atoms. The zero-order chi connectivity index (χ0) is 20.6. The molecule has 3 rings (SSSR count). The second kappa shape index (κ2) is 11.8. The summed E-state index contributed by atoms with van der Waals surface area (Å²) in [6.45, 7) is 2.28. The minimum atomic E-state index is -0.503. The van der Waals surface area contributed by atoms with Gasteiger partial charge in [0, 0.05) is 38.3 Å². The molecule has 0 amide bonds. The lowest BCUT2D eigenvalue weighted by Gasteiger charge is -2.34. The number of hydrogen-bond acceptors (Lipinski definition) is 3. The fraction of sp³-hybridized carbons (Fsp3) is 0.364. The number of nitriles is 1. The average Bonchev–Trinajstić information content (AvgIpc) is 2.74. The predicted octanol–water partition coefficient (Wildman–Crippen LogP) is 3.78. The number of hydrogen-bond donors (Lipinski definition) is 2. The lowest BCUT2D eigenvalue weighted by Crippen LogP contribution is -2.50. The van der Waals surface area contributed by atoms with Crippen LogP contribution >= 0.6 is 24.0 Å². The van der Waals surface area contributed by atoms with Crippen molar-refractivity contribution in [3.05, 3.63) is 70.8 Å². The Balaban J connectivity index is 0.00000320. The minimum Gasteiger partial charge on any atom is -0.352 e. The molecule has 5 nitrogen and oxygen atoms in total. The van der Waals surface area contributed by atoms with E-state index >= 15 is 0 Å². The molecule has 0 saturated carbocycles. The number of nitrogens with zero attached hydrogens (tertiary/aromatic N) is 3. The Morgan fingerprint density at radius 1 is 1.23 bits per heavy atom. The summed E-state index contributed by atoms with van der Waals surface area (Å²) in [5.41, 5.74) is 1.73. The summed E-state index contributed by atoms with van der Waals surface area (Å²) in [4.78, 5) is 6.33. The number of likely N-dealkylation sites (tertiary alicyclic amines) is 1. The van der Waals surface area contributed by atoms with Crippen LogP contribution in [0.3, 0.4) is 0 Å². The van der Waals surface area contributed by atoms with Gasteiger partial charge in [0.2, 0.25) is 0 Å². The fourth-order valence-corrected chi connectivity index (χ4v) is 3.55. The Labute approximate surface area is 193 Å². The highest BCUT2D eigenvalue weighted by Crippen LogP contribution is 2.18. The fourth-order valence-electron chi connectivity index (χ4n) is 3.55. The van der Waals surface area contributed by atoms with Gasteiger partial charge in [0.15, 0.2) is 5.96 Å². The summed E-state index contributed by atoms with van der Waals surface area (Å²) >= 11 is 0. The third-order valence-corrected chi connectivity index (χ3v) is 5.03. The van der Waals surface area contributed by atoms with Gasteiger partial charge in [-0.05, 0) is 49.2 Å². The van der Waals surface area contributed by atoms with Crippen LogP contribution in [0.5, 0.6) is 0 Å². The van der Waals surface area contributed by atoms with Crippen LogP contribution in [-0.4, -0.2) is 37.0 Å². The van der Waals surface area contributed by atoms with Gasteiger partial charge in [-0.2, -0.15) is 5.26 Å². The third kappa shape index (κ3) is 6.64. The molecule has 1 unspecified atom stereocenters. The molecule has 160 valence electrons. The molecular weight excluding hydrogens is 499 g/mol. The monoisotopic (exact) mass is 525 g/mol. The molecule has 1 fully saturated rings. The Bertz CT molecular complexity index is 892. The molecule has 2 N–H and O–H groups in total. The number of nitrogens with one attached hydrogen (secondary N) is 2. The molecule has 1 saturated heterocycles. The van der Waals surface area contributed by atoms with Gasteiger partial charge in [-0.3, -0.25) is 9.89 Å². The molecule has 2 aromatic rings. The lowest BCUT2D eigenvalue weighted by molar-refractivity contribution is 0.188. The largest absolute Gasteiger partial charge is 0.352 e. The van der Waals surface area contributed by atoms with E-state index in [0.717, 1.165) is 24.9 Å². The Kier molecular flexibility index (Phi) is 9.46. The number of benzene rings is 2. The van der Waals surface area contributed by atoms with Crippen molar-refractivity contribution in [3.63, 3.8) is 0 Å². The van der Waals surface area contributed by atoms with Crippen molar-refractivity contribution in [3.8, 4) is 6.07 Å². The summed E-state index contributed by atoms with van der Waals surface area (Å²) in [7, 11) is 1.70. The van der Waals surface area contributed by atoms with E-state index in [-0.39, 0.29) is 42.1 Å². The van der Waals surface area contributed by atoms with Crippen molar-refractivity contribution in [2.45, 2.75) is 32.0 Å². The summed E-state index contributed by atoms with van der Waals surface area (Å²) in [5.74, 6) is -0.342. The molecule has 1 aliphatic heterocycles. The van der Waals surface area contributed by atoms with Crippen LogP contribution in [0.4, 0.5) is 8.78 Å². The Hall–Kier alpha value is -2.25. The van der Waals surface area contributed by atoms with Gasteiger partial charge in [0.1, 0.15) is 11.6 Å². The number of aliphatic imine (C=N–C) groups is 1. The maximum atomic E-state index is 14.0. The van der Waals surface area contributed by atoms with E-state index in [9.17, 15) is 8.78 Å². The SMILES string of the molecule is CN=C(NCc1cccc(C#N)c1)NC1CCCN(Cc2c(F)cccc2F)C1.I. The van der Waals surface area contributed by atoms with E-state index in [1.807, 2.05) is 18.2 Å². The van der Waals surface area contributed by atoms with Gasteiger partial charge in [-0.1, -0.05) is 18.2 Å². The van der Waals surface area contributed by atoms with Gasteiger partial charge >= 0.3 is 0 Å². The van der Waals surface area contributed by atoms with Crippen molar-refractivity contribution in [2.24, 2.45) is 4.99 Å².